The van der Waals surface area contributed by atoms with Gasteiger partial charge in [-0.25, -0.2) is 8.42 Å². The molecule has 0 spiro atoms. The van der Waals surface area contributed by atoms with Crippen LogP contribution in [0.25, 0.3) is 10.8 Å². The van der Waals surface area contributed by atoms with E-state index in [9.17, 15) is 18.0 Å². The molecule has 0 saturated heterocycles. The van der Waals surface area contributed by atoms with Gasteiger partial charge in [-0.1, -0.05) is 29.8 Å². The molecule has 0 atom stereocenters. The van der Waals surface area contributed by atoms with Crippen LogP contribution in [0.15, 0.2) is 47.4 Å². The number of rotatable bonds is 3. The Hall–Kier alpha value is -3.19. The van der Waals surface area contributed by atoms with Crippen LogP contribution in [-0.4, -0.2) is 20.2 Å². The van der Waals surface area contributed by atoms with Gasteiger partial charge in [0.25, 0.3) is 21.8 Å². The molecule has 142 valence electrons. The first-order chi connectivity index (χ1) is 13.2. The van der Waals surface area contributed by atoms with Crippen molar-refractivity contribution in [2.45, 2.75) is 25.7 Å². The molecule has 2 N–H and O–H groups in total. The van der Waals surface area contributed by atoms with E-state index < -0.39 is 21.8 Å². The number of nitrogens with one attached hydrogen (secondary N) is 2. The van der Waals surface area contributed by atoms with Crippen LogP contribution in [0.1, 0.15) is 37.4 Å². The summed E-state index contributed by atoms with van der Waals surface area (Å²) in [6, 6.07) is 11.6. The maximum atomic E-state index is 13.1. The van der Waals surface area contributed by atoms with Crippen molar-refractivity contribution in [1.82, 2.24) is 5.32 Å². The summed E-state index contributed by atoms with van der Waals surface area (Å²) in [5, 5.41) is 3.25. The molecule has 6 nitrogen and oxygen atoms in total. The minimum atomic E-state index is -3.94. The SMILES string of the molecule is Cc1cc(C)c(NS(=O)(=O)c2cc3c4c(cccc4c2)C(=O)NC3=O)c(C)c1. The van der Waals surface area contributed by atoms with Crippen LogP contribution >= 0.6 is 0 Å². The molecule has 0 aliphatic carbocycles. The number of hydrogen-bond donors (Lipinski definition) is 2. The normalized spacial score (nSPS) is 13.5. The van der Waals surface area contributed by atoms with E-state index in [-0.39, 0.29) is 10.5 Å². The first-order valence-electron chi connectivity index (χ1n) is 8.70. The molecule has 7 heteroatoms. The Kier molecular flexibility index (Phi) is 4.01. The minimum Gasteiger partial charge on any atom is -0.288 e. The highest BCUT2D eigenvalue weighted by Gasteiger charge is 2.28. The molecule has 0 radical (unpaired) electrons. The zero-order valence-corrected chi connectivity index (χ0v) is 16.4. The third kappa shape index (κ3) is 2.84. The zero-order valence-electron chi connectivity index (χ0n) is 15.6. The number of aryl methyl sites for hydroxylation is 3. The number of amides is 2. The number of hydrogen-bond acceptors (Lipinski definition) is 4. The van der Waals surface area contributed by atoms with Crippen LogP contribution in [-0.2, 0) is 10.0 Å². The average molecular weight is 394 g/mol. The predicted octanol–water partition coefficient (Wildman–Crippen LogP) is 3.45. The molecule has 0 fully saturated rings. The molecule has 1 aliphatic heterocycles. The maximum Gasteiger partial charge on any atom is 0.261 e. The van der Waals surface area contributed by atoms with E-state index in [2.05, 4.69) is 10.0 Å². The molecule has 0 saturated carbocycles. The van der Waals surface area contributed by atoms with Crippen LogP contribution in [0.5, 0.6) is 0 Å². The molecule has 1 aliphatic rings. The quantitative estimate of drug-likeness (QED) is 0.666. The van der Waals surface area contributed by atoms with Gasteiger partial charge < -0.3 is 0 Å². The fourth-order valence-corrected chi connectivity index (χ4v) is 4.96. The van der Waals surface area contributed by atoms with E-state index in [0.717, 1.165) is 16.7 Å². The van der Waals surface area contributed by atoms with Gasteiger partial charge in [-0.05, 0) is 55.5 Å². The molecule has 3 aromatic rings. The van der Waals surface area contributed by atoms with E-state index >= 15 is 0 Å². The van der Waals surface area contributed by atoms with Crippen LogP contribution in [0.2, 0.25) is 0 Å². The van der Waals surface area contributed by atoms with Crippen LogP contribution in [0.4, 0.5) is 5.69 Å². The molecule has 0 bridgehead atoms. The fourth-order valence-electron chi connectivity index (χ4n) is 3.70. The van der Waals surface area contributed by atoms with Gasteiger partial charge in [0.1, 0.15) is 0 Å². The van der Waals surface area contributed by atoms with Gasteiger partial charge in [-0.3, -0.25) is 19.6 Å². The first kappa shape index (κ1) is 18.2. The standard InChI is InChI=1S/C21H18N2O4S/c1-11-7-12(2)19(13(3)8-11)23-28(26,27)15-9-14-5-4-6-16-18(14)17(10-15)21(25)22-20(16)24/h4-10,23H,1-3H3,(H,22,24,25). The summed E-state index contributed by atoms with van der Waals surface area (Å²) >= 11 is 0. The zero-order chi connectivity index (χ0) is 20.2. The van der Waals surface area contributed by atoms with Crippen molar-refractivity contribution >= 4 is 38.3 Å². The Bertz CT molecular complexity index is 1270. The van der Waals surface area contributed by atoms with E-state index in [1.165, 1.54) is 12.1 Å². The second-order valence-electron chi connectivity index (χ2n) is 7.04. The van der Waals surface area contributed by atoms with E-state index in [0.29, 0.717) is 22.0 Å². The van der Waals surface area contributed by atoms with Crippen molar-refractivity contribution < 1.29 is 18.0 Å². The van der Waals surface area contributed by atoms with E-state index in [4.69, 9.17) is 0 Å². The smallest absolute Gasteiger partial charge is 0.261 e. The maximum absolute atomic E-state index is 13.1. The highest BCUT2D eigenvalue weighted by Crippen LogP contribution is 2.31. The van der Waals surface area contributed by atoms with Crippen LogP contribution in [0, 0.1) is 20.8 Å². The summed E-state index contributed by atoms with van der Waals surface area (Å²) in [6.07, 6.45) is 0. The summed E-state index contributed by atoms with van der Waals surface area (Å²) in [5.41, 5.74) is 3.72. The highest BCUT2D eigenvalue weighted by molar-refractivity contribution is 7.92. The Morgan fingerprint density at radius 1 is 0.857 bits per heavy atom. The third-order valence-electron chi connectivity index (χ3n) is 4.89. The lowest BCUT2D eigenvalue weighted by atomic mass is 9.95. The Balaban J connectivity index is 1.88. The van der Waals surface area contributed by atoms with Gasteiger partial charge >= 0.3 is 0 Å². The summed E-state index contributed by atoms with van der Waals surface area (Å²) in [5.74, 6) is -1.09. The summed E-state index contributed by atoms with van der Waals surface area (Å²) in [4.78, 5) is 24.3. The van der Waals surface area contributed by atoms with Crippen LogP contribution in [0.3, 0.4) is 0 Å². The van der Waals surface area contributed by atoms with Crippen molar-refractivity contribution in [3.05, 3.63) is 70.3 Å². The Labute approximate surface area is 162 Å². The summed E-state index contributed by atoms with van der Waals surface area (Å²) in [7, 11) is -3.94. The molecule has 4 rings (SSSR count). The molecule has 28 heavy (non-hydrogen) atoms. The number of carbonyl (C=O) groups excluding carboxylic acids is 2. The Morgan fingerprint density at radius 2 is 1.50 bits per heavy atom. The van der Waals surface area contributed by atoms with Crippen molar-refractivity contribution in [3.63, 3.8) is 0 Å². The predicted molar refractivity (Wildman–Crippen MR) is 107 cm³/mol. The fraction of sp³-hybridized carbons (Fsp3) is 0.143. The molecular weight excluding hydrogens is 376 g/mol. The van der Waals surface area contributed by atoms with Gasteiger partial charge in [0.2, 0.25) is 0 Å². The second-order valence-corrected chi connectivity index (χ2v) is 8.72. The highest BCUT2D eigenvalue weighted by atomic mass is 32.2. The van der Waals surface area contributed by atoms with Crippen molar-refractivity contribution in [2.75, 3.05) is 4.72 Å². The molecule has 0 aromatic heterocycles. The lowest BCUT2D eigenvalue weighted by Gasteiger charge is -2.19. The molecule has 1 heterocycles. The second kappa shape index (κ2) is 6.17. The van der Waals surface area contributed by atoms with E-state index in [1.807, 2.05) is 32.9 Å². The van der Waals surface area contributed by atoms with E-state index in [1.54, 1.807) is 18.2 Å². The lowest BCUT2D eigenvalue weighted by Crippen LogP contribution is -2.34. The minimum absolute atomic E-state index is 0.0315. The average Bonchev–Trinajstić information content (AvgIpc) is 2.62. The monoisotopic (exact) mass is 394 g/mol. The van der Waals surface area contributed by atoms with Crippen LogP contribution < -0.4 is 10.0 Å². The number of imide groups is 1. The number of sulfonamides is 1. The first-order valence-corrected chi connectivity index (χ1v) is 10.2. The topological polar surface area (TPSA) is 92.3 Å². The molecule has 3 aromatic carbocycles. The van der Waals surface area contributed by atoms with Crippen molar-refractivity contribution in [3.8, 4) is 0 Å². The summed E-state index contributed by atoms with van der Waals surface area (Å²) < 4.78 is 28.8. The van der Waals surface area contributed by atoms with Gasteiger partial charge in [0, 0.05) is 16.5 Å². The largest absolute Gasteiger partial charge is 0.288 e. The van der Waals surface area contributed by atoms with Crippen molar-refractivity contribution in [2.24, 2.45) is 0 Å². The third-order valence-corrected chi connectivity index (χ3v) is 6.22. The Morgan fingerprint density at radius 3 is 2.18 bits per heavy atom. The van der Waals surface area contributed by atoms with Gasteiger partial charge in [0.15, 0.2) is 0 Å². The number of benzene rings is 3. The van der Waals surface area contributed by atoms with Crippen molar-refractivity contribution in [1.29, 1.82) is 0 Å². The molecule has 0 unspecified atom stereocenters. The van der Waals surface area contributed by atoms with Gasteiger partial charge in [-0.15, -0.1) is 0 Å². The van der Waals surface area contributed by atoms with Gasteiger partial charge in [0.05, 0.1) is 10.6 Å². The molecular formula is C21H18N2O4S. The number of carbonyl (C=O) groups is 2. The number of anilines is 1. The molecule has 2 amide bonds. The lowest BCUT2D eigenvalue weighted by molar-refractivity contribution is 0.0845. The van der Waals surface area contributed by atoms with Gasteiger partial charge in [-0.2, -0.15) is 0 Å². The summed E-state index contributed by atoms with van der Waals surface area (Å²) in [6.45, 7) is 5.63.